The molecule has 7 nitrogen and oxygen atoms in total. The Kier molecular flexibility index (Phi) is 2.83. The molecular formula is C12H14N4O3. The molecule has 1 N–H and O–H groups in total. The number of fused-ring (bicyclic) bond motifs is 1. The lowest BCUT2D eigenvalue weighted by Gasteiger charge is -2.30. The topological polar surface area (TPSA) is 80.5 Å². The molecule has 3 rings (SSSR count). The van der Waals surface area contributed by atoms with Crippen LogP contribution in [0.5, 0.6) is 0 Å². The van der Waals surface area contributed by atoms with Gasteiger partial charge in [-0.15, -0.1) is 0 Å². The first kappa shape index (κ1) is 11.9. The van der Waals surface area contributed by atoms with Gasteiger partial charge in [0.15, 0.2) is 5.65 Å². The highest BCUT2D eigenvalue weighted by Crippen LogP contribution is 2.29. The highest BCUT2D eigenvalue weighted by molar-refractivity contribution is 6.03. The minimum absolute atomic E-state index is 0.211. The summed E-state index contributed by atoms with van der Waals surface area (Å²) in [5.41, 5.74) is 1.59. The molecule has 0 amide bonds. The lowest BCUT2D eigenvalue weighted by Crippen LogP contribution is -2.37. The molecule has 0 saturated carbocycles. The average Bonchev–Trinajstić information content (AvgIpc) is 2.80. The van der Waals surface area contributed by atoms with Gasteiger partial charge in [0.1, 0.15) is 5.56 Å². The maximum atomic E-state index is 11.4. The van der Waals surface area contributed by atoms with E-state index in [4.69, 9.17) is 4.74 Å². The van der Waals surface area contributed by atoms with Gasteiger partial charge in [0, 0.05) is 26.3 Å². The van der Waals surface area contributed by atoms with Gasteiger partial charge >= 0.3 is 5.97 Å². The zero-order valence-corrected chi connectivity index (χ0v) is 10.5. The molecule has 0 unspecified atom stereocenters. The largest absolute Gasteiger partial charge is 0.478 e. The first-order valence-corrected chi connectivity index (χ1v) is 6.05. The molecule has 1 aliphatic rings. The molecule has 19 heavy (non-hydrogen) atoms. The summed E-state index contributed by atoms with van der Waals surface area (Å²) in [6.45, 7) is 2.55. The summed E-state index contributed by atoms with van der Waals surface area (Å²) in [5, 5.41) is 14.3. The van der Waals surface area contributed by atoms with Gasteiger partial charge in [-0.3, -0.25) is 4.68 Å². The van der Waals surface area contributed by atoms with Crippen molar-refractivity contribution < 1.29 is 14.6 Å². The molecule has 1 fully saturated rings. The zero-order valence-electron chi connectivity index (χ0n) is 10.5. The van der Waals surface area contributed by atoms with Crippen LogP contribution < -0.4 is 4.90 Å². The first-order chi connectivity index (χ1) is 9.18. The van der Waals surface area contributed by atoms with E-state index in [1.165, 1.54) is 6.20 Å². The Morgan fingerprint density at radius 2 is 2.11 bits per heavy atom. The van der Waals surface area contributed by atoms with E-state index in [2.05, 4.69) is 10.1 Å². The number of aryl methyl sites for hydroxylation is 1. The number of hydrogen-bond acceptors (Lipinski definition) is 5. The fourth-order valence-corrected chi connectivity index (χ4v) is 2.37. The van der Waals surface area contributed by atoms with Crippen molar-refractivity contribution in [1.82, 2.24) is 14.8 Å². The van der Waals surface area contributed by atoms with Crippen LogP contribution in [-0.2, 0) is 11.8 Å². The van der Waals surface area contributed by atoms with Crippen molar-refractivity contribution >= 4 is 22.7 Å². The van der Waals surface area contributed by atoms with Crippen LogP contribution in [0.3, 0.4) is 0 Å². The normalized spacial score (nSPS) is 15.9. The van der Waals surface area contributed by atoms with E-state index >= 15 is 0 Å². The molecule has 0 radical (unpaired) electrons. The van der Waals surface area contributed by atoms with Gasteiger partial charge in [-0.25, -0.2) is 9.78 Å². The summed E-state index contributed by atoms with van der Waals surface area (Å²) >= 11 is 0. The van der Waals surface area contributed by atoms with E-state index in [1.54, 1.807) is 17.9 Å². The molecular weight excluding hydrogens is 248 g/mol. The van der Waals surface area contributed by atoms with Gasteiger partial charge in [0.05, 0.1) is 30.5 Å². The fraction of sp³-hybridized carbons (Fsp3) is 0.417. The predicted octanol–water partition coefficient (Wildman–Crippen LogP) is 0.503. The second kappa shape index (κ2) is 4.51. The monoisotopic (exact) mass is 262 g/mol. The standard InChI is InChI=1S/C12H14N4O3/c1-15-11-8(7-14-15)10(9(6-13-11)12(17)18)16-2-4-19-5-3-16/h6-7H,2-5H2,1H3,(H,17,18). The van der Waals surface area contributed by atoms with E-state index in [0.29, 0.717) is 37.6 Å². The molecule has 0 spiro atoms. The third-order valence-corrected chi connectivity index (χ3v) is 3.29. The number of nitrogens with zero attached hydrogens (tertiary/aromatic N) is 4. The van der Waals surface area contributed by atoms with Crippen molar-refractivity contribution in [2.75, 3.05) is 31.2 Å². The van der Waals surface area contributed by atoms with E-state index in [9.17, 15) is 9.90 Å². The number of carboxylic acid groups (broad SMARTS) is 1. The highest BCUT2D eigenvalue weighted by Gasteiger charge is 2.23. The Balaban J connectivity index is 2.21. The second-order valence-corrected chi connectivity index (χ2v) is 4.43. The van der Waals surface area contributed by atoms with E-state index in [0.717, 1.165) is 5.39 Å². The number of ether oxygens (including phenoxy) is 1. The van der Waals surface area contributed by atoms with Crippen molar-refractivity contribution in [3.05, 3.63) is 18.0 Å². The molecule has 0 atom stereocenters. The number of rotatable bonds is 2. The van der Waals surface area contributed by atoms with E-state index in [-0.39, 0.29) is 5.56 Å². The molecule has 1 saturated heterocycles. The summed E-state index contributed by atoms with van der Waals surface area (Å²) in [7, 11) is 1.79. The summed E-state index contributed by atoms with van der Waals surface area (Å²) in [5.74, 6) is -0.972. The van der Waals surface area contributed by atoms with E-state index < -0.39 is 5.97 Å². The summed E-state index contributed by atoms with van der Waals surface area (Å²) in [6, 6.07) is 0. The van der Waals surface area contributed by atoms with Crippen LogP contribution in [-0.4, -0.2) is 52.1 Å². The van der Waals surface area contributed by atoms with Crippen molar-refractivity contribution in [3.63, 3.8) is 0 Å². The Hall–Kier alpha value is -2.15. The van der Waals surface area contributed by atoms with Crippen LogP contribution >= 0.6 is 0 Å². The number of carboxylic acids is 1. The molecule has 2 aromatic rings. The Morgan fingerprint density at radius 1 is 1.37 bits per heavy atom. The third-order valence-electron chi connectivity index (χ3n) is 3.29. The van der Waals surface area contributed by atoms with Crippen LogP contribution in [0.4, 0.5) is 5.69 Å². The van der Waals surface area contributed by atoms with Crippen LogP contribution in [0.15, 0.2) is 12.4 Å². The first-order valence-electron chi connectivity index (χ1n) is 6.05. The lowest BCUT2D eigenvalue weighted by molar-refractivity contribution is 0.0696. The summed E-state index contributed by atoms with van der Waals surface area (Å²) in [6.07, 6.45) is 3.07. The quantitative estimate of drug-likeness (QED) is 0.849. The van der Waals surface area contributed by atoms with Gasteiger partial charge in [0.2, 0.25) is 0 Å². The number of aromatic nitrogens is 3. The Morgan fingerprint density at radius 3 is 2.79 bits per heavy atom. The second-order valence-electron chi connectivity index (χ2n) is 4.43. The SMILES string of the molecule is Cn1ncc2c(N3CCOCC3)c(C(=O)O)cnc21. The van der Waals surface area contributed by atoms with Crippen LogP contribution in [0, 0.1) is 0 Å². The van der Waals surface area contributed by atoms with Gasteiger partial charge < -0.3 is 14.7 Å². The summed E-state index contributed by atoms with van der Waals surface area (Å²) in [4.78, 5) is 17.6. The number of pyridine rings is 1. The minimum Gasteiger partial charge on any atom is -0.478 e. The highest BCUT2D eigenvalue weighted by atomic mass is 16.5. The molecule has 1 aliphatic heterocycles. The van der Waals surface area contributed by atoms with Crippen LogP contribution in [0.2, 0.25) is 0 Å². The maximum absolute atomic E-state index is 11.4. The van der Waals surface area contributed by atoms with Crippen molar-refractivity contribution in [3.8, 4) is 0 Å². The molecule has 7 heteroatoms. The Labute approximate surface area is 109 Å². The zero-order chi connectivity index (χ0) is 13.4. The lowest BCUT2D eigenvalue weighted by atomic mass is 10.1. The fourth-order valence-electron chi connectivity index (χ4n) is 2.37. The molecule has 100 valence electrons. The number of hydrogen-bond donors (Lipinski definition) is 1. The van der Waals surface area contributed by atoms with Crippen LogP contribution in [0.25, 0.3) is 11.0 Å². The molecule has 0 bridgehead atoms. The number of carbonyl (C=O) groups is 1. The third kappa shape index (κ3) is 1.91. The van der Waals surface area contributed by atoms with Crippen LogP contribution in [0.1, 0.15) is 10.4 Å². The minimum atomic E-state index is -0.972. The number of aromatic carboxylic acids is 1. The van der Waals surface area contributed by atoms with Crippen molar-refractivity contribution in [1.29, 1.82) is 0 Å². The maximum Gasteiger partial charge on any atom is 0.339 e. The van der Waals surface area contributed by atoms with Gasteiger partial charge in [-0.05, 0) is 0 Å². The Bertz CT molecular complexity index is 631. The smallest absolute Gasteiger partial charge is 0.339 e. The predicted molar refractivity (Wildman–Crippen MR) is 68.5 cm³/mol. The molecule has 2 aromatic heterocycles. The number of anilines is 1. The number of morpholine rings is 1. The molecule has 0 aliphatic carbocycles. The van der Waals surface area contributed by atoms with Crippen molar-refractivity contribution in [2.24, 2.45) is 7.05 Å². The molecule has 0 aromatic carbocycles. The molecule has 3 heterocycles. The van der Waals surface area contributed by atoms with E-state index in [1.807, 2.05) is 4.90 Å². The van der Waals surface area contributed by atoms with Crippen molar-refractivity contribution in [2.45, 2.75) is 0 Å². The van der Waals surface area contributed by atoms with Gasteiger partial charge in [0.25, 0.3) is 0 Å². The average molecular weight is 262 g/mol. The van der Waals surface area contributed by atoms with Gasteiger partial charge in [-0.1, -0.05) is 0 Å². The van der Waals surface area contributed by atoms with Gasteiger partial charge in [-0.2, -0.15) is 5.10 Å². The summed E-state index contributed by atoms with van der Waals surface area (Å²) < 4.78 is 6.96.